The van der Waals surface area contributed by atoms with E-state index in [2.05, 4.69) is 24.1 Å². The number of piperazine rings is 1. The predicted molar refractivity (Wildman–Crippen MR) is 81.7 cm³/mol. The van der Waals surface area contributed by atoms with Gasteiger partial charge in [-0.1, -0.05) is 25.7 Å². The molecule has 1 aliphatic heterocycles. The highest BCUT2D eigenvalue weighted by Crippen LogP contribution is 2.26. The van der Waals surface area contributed by atoms with E-state index in [1.807, 2.05) is 0 Å². The molecule has 1 saturated carbocycles. The molecule has 0 radical (unpaired) electrons. The molecule has 2 fully saturated rings. The molecule has 112 valence electrons. The van der Waals surface area contributed by atoms with Crippen LogP contribution in [0.3, 0.4) is 0 Å². The molecule has 0 spiro atoms. The number of nitrogens with zero attached hydrogens (tertiary/aromatic N) is 1. The van der Waals surface area contributed by atoms with E-state index >= 15 is 0 Å². The van der Waals surface area contributed by atoms with Crippen LogP contribution in [-0.4, -0.2) is 36.0 Å². The SMILES string of the molecule is CC1CN(C(=O)CC2CCCCCC2)CC(C)N1.Cl. The Morgan fingerprint density at radius 2 is 1.58 bits per heavy atom. The van der Waals surface area contributed by atoms with Crippen LogP contribution in [0.1, 0.15) is 58.8 Å². The van der Waals surface area contributed by atoms with Crippen molar-refractivity contribution in [1.82, 2.24) is 10.2 Å². The summed E-state index contributed by atoms with van der Waals surface area (Å²) in [6.07, 6.45) is 8.71. The number of carbonyl (C=O) groups excluding carboxylic acids is 1. The molecule has 3 nitrogen and oxygen atoms in total. The third-order valence-corrected chi connectivity index (χ3v) is 4.35. The van der Waals surface area contributed by atoms with Crippen molar-refractivity contribution in [2.45, 2.75) is 70.9 Å². The topological polar surface area (TPSA) is 32.3 Å². The largest absolute Gasteiger partial charge is 0.340 e. The first-order valence-corrected chi connectivity index (χ1v) is 7.69. The van der Waals surface area contributed by atoms with Gasteiger partial charge < -0.3 is 10.2 Å². The van der Waals surface area contributed by atoms with Crippen molar-refractivity contribution in [1.29, 1.82) is 0 Å². The molecule has 0 aromatic heterocycles. The van der Waals surface area contributed by atoms with Crippen LogP contribution < -0.4 is 5.32 Å². The van der Waals surface area contributed by atoms with Crippen molar-refractivity contribution in [3.8, 4) is 0 Å². The van der Waals surface area contributed by atoms with Gasteiger partial charge in [-0.3, -0.25) is 4.79 Å². The Balaban J connectivity index is 0.00000180. The van der Waals surface area contributed by atoms with Gasteiger partial charge in [-0.15, -0.1) is 12.4 Å². The monoisotopic (exact) mass is 288 g/mol. The first kappa shape index (κ1) is 16.8. The molecule has 19 heavy (non-hydrogen) atoms. The van der Waals surface area contributed by atoms with Crippen molar-refractivity contribution in [2.24, 2.45) is 5.92 Å². The van der Waals surface area contributed by atoms with E-state index in [4.69, 9.17) is 0 Å². The highest BCUT2D eigenvalue weighted by Gasteiger charge is 2.26. The molecule has 2 rings (SSSR count). The Hall–Kier alpha value is -0.280. The normalized spacial score (nSPS) is 29.5. The molecule has 2 atom stereocenters. The highest BCUT2D eigenvalue weighted by atomic mass is 35.5. The van der Waals surface area contributed by atoms with Gasteiger partial charge in [-0.05, 0) is 32.6 Å². The highest BCUT2D eigenvalue weighted by molar-refractivity contribution is 5.85. The third-order valence-electron chi connectivity index (χ3n) is 4.35. The lowest BCUT2D eigenvalue weighted by molar-refractivity contribution is -0.134. The molecule has 4 heteroatoms. The van der Waals surface area contributed by atoms with Gasteiger partial charge in [0, 0.05) is 31.6 Å². The maximum atomic E-state index is 12.4. The van der Waals surface area contributed by atoms with E-state index in [1.165, 1.54) is 38.5 Å². The quantitative estimate of drug-likeness (QED) is 0.792. The summed E-state index contributed by atoms with van der Waals surface area (Å²) in [7, 11) is 0. The molecular formula is C15H29ClN2O. The van der Waals surface area contributed by atoms with E-state index in [-0.39, 0.29) is 12.4 Å². The molecule has 1 aliphatic carbocycles. The van der Waals surface area contributed by atoms with Crippen molar-refractivity contribution in [3.05, 3.63) is 0 Å². The van der Waals surface area contributed by atoms with Crippen molar-refractivity contribution in [2.75, 3.05) is 13.1 Å². The second-order valence-corrected chi connectivity index (χ2v) is 6.33. The molecule has 0 aromatic rings. The average molecular weight is 289 g/mol. The molecule has 1 N–H and O–H groups in total. The summed E-state index contributed by atoms with van der Waals surface area (Å²) in [4.78, 5) is 14.4. The van der Waals surface area contributed by atoms with Crippen LogP contribution in [-0.2, 0) is 4.79 Å². The third kappa shape index (κ3) is 5.31. The Bertz CT molecular complexity index is 267. The van der Waals surface area contributed by atoms with Crippen LogP contribution in [0, 0.1) is 5.92 Å². The minimum absolute atomic E-state index is 0. The second kappa shape index (κ2) is 8.11. The Labute approximate surface area is 123 Å². The number of nitrogens with one attached hydrogen (secondary N) is 1. The summed E-state index contributed by atoms with van der Waals surface area (Å²) in [5.74, 6) is 1.04. The van der Waals surface area contributed by atoms with E-state index in [1.54, 1.807) is 0 Å². The Morgan fingerprint density at radius 3 is 2.11 bits per heavy atom. The average Bonchev–Trinajstić information content (AvgIpc) is 2.56. The van der Waals surface area contributed by atoms with Crippen LogP contribution in [0.2, 0.25) is 0 Å². The molecule has 2 aliphatic rings. The minimum atomic E-state index is 0. The number of halogens is 1. The van der Waals surface area contributed by atoms with Crippen LogP contribution in [0.25, 0.3) is 0 Å². The summed E-state index contributed by atoms with van der Waals surface area (Å²) in [6.45, 7) is 6.11. The minimum Gasteiger partial charge on any atom is -0.340 e. The van der Waals surface area contributed by atoms with Gasteiger partial charge in [0.2, 0.25) is 5.91 Å². The maximum absolute atomic E-state index is 12.4. The molecule has 2 unspecified atom stereocenters. The lowest BCUT2D eigenvalue weighted by Gasteiger charge is -2.36. The van der Waals surface area contributed by atoms with E-state index < -0.39 is 0 Å². The van der Waals surface area contributed by atoms with Crippen LogP contribution in [0.5, 0.6) is 0 Å². The zero-order valence-electron chi connectivity index (χ0n) is 12.4. The van der Waals surface area contributed by atoms with Gasteiger partial charge in [-0.25, -0.2) is 0 Å². The van der Waals surface area contributed by atoms with Gasteiger partial charge in [0.05, 0.1) is 0 Å². The summed E-state index contributed by atoms with van der Waals surface area (Å²) >= 11 is 0. The lowest BCUT2D eigenvalue weighted by Crippen LogP contribution is -2.56. The van der Waals surface area contributed by atoms with Crippen LogP contribution in [0.4, 0.5) is 0 Å². The molecule has 1 amide bonds. The zero-order chi connectivity index (χ0) is 13.0. The van der Waals surface area contributed by atoms with Gasteiger partial charge in [0.25, 0.3) is 0 Å². The summed E-state index contributed by atoms with van der Waals surface area (Å²) in [5.41, 5.74) is 0. The van der Waals surface area contributed by atoms with E-state index in [0.717, 1.165) is 19.5 Å². The first-order chi connectivity index (χ1) is 8.65. The molecule has 1 saturated heterocycles. The van der Waals surface area contributed by atoms with Gasteiger partial charge >= 0.3 is 0 Å². The maximum Gasteiger partial charge on any atom is 0.222 e. The van der Waals surface area contributed by atoms with Gasteiger partial charge in [-0.2, -0.15) is 0 Å². The van der Waals surface area contributed by atoms with Crippen molar-refractivity contribution < 1.29 is 4.79 Å². The fraction of sp³-hybridized carbons (Fsp3) is 0.933. The summed E-state index contributed by atoms with van der Waals surface area (Å²) in [6, 6.07) is 0.874. The second-order valence-electron chi connectivity index (χ2n) is 6.33. The fourth-order valence-corrected chi connectivity index (χ4v) is 3.47. The smallest absolute Gasteiger partial charge is 0.222 e. The summed E-state index contributed by atoms with van der Waals surface area (Å²) < 4.78 is 0. The first-order valence-electron chi connectivity index (χ1n) is 7.69. The van der Waals surface area contributed by atoms with Crippen molar-refractivity contribution >= 4 is 18.3 Å². The molecule has 1 heterocycles. The van der Waals surface area contributed by atoms with E-state index in [9.17, 15) is 4.79 Å². The van der Waals surface area contributed by atoms with Crippen LogP contribution in [0.15, 0.2) is 0 Å². The number of hydrogen-bond acceptors (Lipinski definition) is 2. The number of hydrogen-bond donors (Lipinski definition) is 1. The Morgan fingerprint density at radius 1 is 1.05 bits per heavy atom. The molecule has 0 aromatic carbocycles. The van der Waals surface area contributed by atoms with Gasteiger partial charge in [0.1, 0.15) is 0 Å². The lowest BCUT2D eigenvalue weighted by atomic mass is 9.95. The fourth-order valence-electron chi connectivity index (χ4n) is 3.47. The summed E-state index contributed by atoms with van der Waals surface area (Å²) in [5, 5.41) is 3.48. The van der Waals surface area contributed by atoms with Crippen LogP contribution >= 0.6 is 12.4 Å². The Kier molecular flexibility index (Phi) is 7.16. The molecule has 0 bridgehead atoms. The van der Waals surface area contributed by atoms with Crippen molar-refractivity contribution in [3.63, 3.8) is 0 Å². The van der Waals surface area contributed by atoms with E-state index in [0.29, 0.717) is 23.9 Å². The number of carbonyl (C=O) groups is 1. The standard InChI is InChI=1S/C15H28N2O.ClH/c1-12-10-17(11-13(2)16-12)15(18)9-14-7-5-3-4-6-8-14;/h12-14,16H,3-11H2,1-2H3;1H. The molecular weight excluding hydrogens is 260 g/mol. The van der Waals surface area contributed by atoms with Gasteiger partial charge in [0.15, 0.2) is 0 Å². The number of rotatable bonds is 2. The number of amides is 1. The zero-order valence-corrected chi connectivity index (χ0v) is 13.2. The predicted octanol–water partition coefficient (Wildman–Crippen LogP) is 2.98.